The standard InChI is InChI=1S/C17H16O5/c1-9-5-6-13-10(7-9)14-12(17(2,3)22-13)8-11(15(18)20-4)16(19)21-14/h5-8H,1-4H3. The molecule has 1 aliphatic rings. The molecule has 0 atom stereocenters. The third kappa shape index (κ3) is 2.09. The summed E-state index contributed by atoms with van der Waals surface area (Å²) in [7, 11) is 1.22. The Morgan fingerprint density at radius 2 is 1.95 bits per heavy atom. The lowest BCUT2D eigenvalue weighted by atomic mass is 9.89. The molecule has 2 heterocycles. The molecule has 0 radical (unpaired) electrons. The van der Waals surface area contributed by atoms with Crippen LogP contribution in [0.3, 0.4) is 0 Å². The number of methoxy groups -OCH3 is 1. The number of esters is 1. The molecular formula is C17H16O5. The van der Waals surface area contributed by atoms with Gasteiger partial charge in [0.15, 0.2) is 0 Å². The fourth-order valence-electron chi connectivity index (χ4n) is 2.61. The second-order valence-electron chi connectivity index (χ2n) is 5.79. The second kappa shape index (κ2) is 4.73. The highest BCUT2D eigenvalue weighted by Gasteiger charge is 2.36. The number of ether oxygens (including phenoxy) is 2. The van der Waals surface area contributed by atoms with Crippen LogP contribution >= 0.6 is 0 Å². The zero-order valence-corrected chi connectivity index (χ0v) is 12.9. The SMILES string of the molecule is COC(=O)c1cc2c(oc1=O)-c1cc(C)ccc1OC2(C)C. The number of carbonyl (C=O) groups excluding carboxylic acids is 1. The van der Waals surface area contributed by atoms with E-state index in [4.69, 9.17) is 9.15 Å². The zero-order valence-electron chi connectivity index (χ0n) is 12.9. The predicted molar refractivity (Wildman–Crippen MR) is 80.1 cm³/mol. The second-order valence-corrected chi connectivity index (χ2v) is 5.79. The number of carbonyl (C=O) groups is 1. The van der Waals surface area contributed by atoms with Crippen molar-refractivity contribution in [3.63, 3.8) is 0 Å². The first-order valence-corrected chi connectivity index (χ1v) is 6.90. The summed E-state index contributed by atoms with van der Waals surface area (Å²) in [6.07, 6.45) is 0. The van der Waals surface area contributed by atoms with Gasteiger partial charge >= 0.3 is 11.6 Å². The molecule has 0 bridgehead atoms. The zero-order chi connectivity index (χ0) is 16.1. The summed E-state index contributed by atoms with van der Waals surface area (Å²) in [5.41, 5.74) is 0.809. The number of hydrogen-bond donors (Lipinski definition) is 0. The Morgan fingerprint density at radius 1 is 1.23 bits per heavy atom. The average molecular weight is 300 g/mol. The maximum absolute atomic E-state index is 12.1. The van der Waals surface area contributed by atoms with E-state index in [0.29, 0.717) is 22.6 Å². The van der Waals surface area contributed by atoms with Crippen molar-refractivity contribution < 1.29 is 18.7 Å². The van der Waals surface area contributed by atoms with Crippen LogP contribution in [0.1, 0.15) is 35.3 Å². The summed E-state index contributed by atoms with van der Waals surface area (Å²) < 4.78 is 16.1. The quantitative estimate of drug-likeness (QED) is 0.757. The van der Waals surface area contributed by atoms with Crippen LogP contribution in [0, 0.1) is 6.92 Å². The van der Waals surface area contributed by atoms with Crippen LogP contribution in [0.2, 0.25) is 0 Å². The minimum absolute atomic E-state index is 0.131. The van der Waals surface area contributed by atoms with Crippen molar-refractivity contribution in [3.05, 3.63) is 51.4 Å². The maximum atomic E-state index is 12.1. The number of benzene rings is 1. The third-order valence-electron chi connectivity index (χ3n) is 3.75. The normalized spacial score (nSPS) is 14.5. The highest BCUT2D eigenvalue weighted by atomic mass is 16.5. The van der Waals surface area contributed by atoms with Gasteiger partial charge in [0.1, 0.15) is 22.7 Å². The first kappa shape index (κ1) is 14.4. The molecule has 0 N–H and O–H groups in total. The molecule has 1 aliphatic heterocycles. The molecular weight excluding hydrogens is 284 g/mol. The van der Waals surface area contributed by atoms with Gasteiger partial charge in [-0.05, 0) is 39.0 Å². The van der Waals surface area contributed by atoms with Crippen LogP contribution in [0.4, 0.5) is 0 Å². The van der Waals surface area contributed by atoms with Crippen molar-refractivity contribution in [3.8, 4) is 17.1 Å². The largest absolute Gasteiger partial charge is 0.482 e. The predicted octanol–water partition coefficient (Wildman–Crippen LogP) is 3.03. The first-order valence-electron chi connectivity index (χ1n) is 6.90. The van der Waals surface area contributed by atoms with E-state index in [1.165, 1.54) is 13.2 Å². The molecule has 0 spiro atoms. The van der Waals surface area contributed by atoms with E-state index in [2.05, 4.69) is 4.74 Å². The maximum Gasteiger partial charge on any atom is 0.351 e. The molecule has 1 aromatic heterocycles. The molecule has 114 valence electrons. The smallest absolute Gasteiger partial charge is 0.351 e. The van der Waals surface area contributed by atoms with Crippen LogP contribution in [0.15, 0.2) is 33.5 Å². The minimum atomic E-state index is -0.725. The van der Waals surface area contributed by atoms with E-state index in [1.54, 1.807) is 0 Å². The number of hydrogen-bond acceptors (Lipinski definition) is 5. The van der Waals surface area contributed by atoms with Gasteiger partial charge in [-0.1, -0.05) is 11.6 Å². The van der Waals surface area contributed by atoms with Gasteiger partial charge in [-0.3, -0.25) is 0 Å². The fraction of sp³-hybridized carbons (Fsp3) is 0.294. The average Bonchev–Trinajstić information content (AvgIpc) is 2.46. The van der Waals surface area contributed by atoms with E-state index in [9.17, 15) is 9.59 Å². The molecule has 0 aliphatic carbocycles. The van der Waals surface area contributed by atoms with E-state index < -0.39 is 17.2 Å². The number of aryl methyl sites for hydroxylation is 1. The van der Waals surface area contributed by atoms with Crippen molar-refractivity contribution in [1.29, 1.82) is 0 Å². The van der Waals surface area contributed by atoms with Gasteiger partial charge in [0.25, 0.3) is 0 Å². The van der Waals surface area contributed by atoms with Gasteiger partial charge in [0.05, 0.1) is 12.7 Å². The molecule has 5 nitrogen and oxygen atoms in total. The van der Waals surface area contributed by atoms with Gasteiger partial charge in [-0.15, -0.1) is 0 Å². The highest BCUT2D eigenvalue weighted by Crippen LogP contribution is 2.44. The van der Waals surface area contributed by atoms with Crippen LogP contribution in [0.25, 0.3) is 11.3 Å². The Labute approximate surface area is 127 Å². The summed E-state index contributed by atoms with van der Waals surface area (Å²) in [5.74, 6) is 0.368. The lowest BCUT2D eigenvalue weighted by Crippen LogP contribution is -2.31. The summed E-state index contributed by atoms with van der Waals surface area (Å²) in [6, 6.07) is 7.17. The number of rotatable bonds is 1. The van der Waals surface area contributed by atoms with Crippen LogP contribution in [-0.4, -0.2) is 13.1 Å². The molecule has 5 heteroatoms. The summed E-state index contributed by atoms with van der Waals surface area (Å²) >= 11 is 0. The molecule has 2 aromatic rings. The Kier molecular flexibility index (Phi) is 3.09. The fourth-order valence-corrected chi connectivity index (χ4v) is 2.61. The summed E-state index contributed by atoms with van der Waals surface area (Å²) in [5, 5.41) is 0. The van der Waals surface area contributed by atoms with Crippen LogP contribution in [0.5, 0.6) is 5.75 Å². The van der Waals surface area contributed by atoms with Crippen LogP contribution < -0.4 is 10.4 Å². The third-order valence-corrected chi connectivity index (χ3v) is 3.75. The summed E-state index contributed by atoms with van der Waals surface area (Å²) in [6.45, 7) is 5.66. The molecule has 0 saturated heterocycles. The van der Waals surface area contributed by atoms with E-state index in [1.807, 2.05) is 39.0 Å². The molecule has 0 saturated carbocycles. The van der Waals surface area contributed by atoms with Crippen molar-refractivity contribution in [1.82, 2.24) is 0 Å². The van der Waals surface area contributed by atoms with E-state index in [0.717, 1.165) is 5.56 Å². The van der Waals surface area contributed by atoms with Crippen LogP contribution in [-0.2, 0) is 10.3 Å². The highest BCUT2D eigenvalue weighted by molar-refractivity contribution is 5.89. The van der Waals surface area contributed by atoms with E-state index in [-0.39, 0.29) is 5.56 Å². The van der Waals surface area contributed by atoms with Crippen molar-refractivity contribution >= 4 is 5.97 Å². The minimum Gasteiger partial charge on any atom is -0.482 e. The molecule has 0 amide bonds. The summed E-state index contributed by atoms with van der Waals surface area (Å²) in [4.78, 5) is 23.8. The van der Waals surface area contributed by atoms with Gasteiger partial charge in [0, 0.05) is 5.56 Å². The van der Waals surface area contributed by atoms with Gasteiger partial charge in [-0.2, -0.15) is 0 Å². The molecule has 1 aromatic carbocycles. The molecule has 22 heavy (non-hydrogen) atoms. The lowest BCUT2D eigenvalue weighted by molar-refractivity contribution is 0.0593. The van der Waals surface area contributed by atoms with Crippen molar-refractivity contribution in [2.45, 2.75) is 26.4 Å². The lowest BCUT2D eigenvalue weighted by Gasteiger charge is -2.33. The Morgan fingerprint density at radius 3 is 2.64 bits per heavy atom. The molecule has 3 rings (SSSR count). The van der Waals surface area contributed by atoms with Gasteiger partial charge in [-0.25, -0.2) is 9.59 Å². The molecule has 0 fully saturated rings. The van der Waals surface area contributed by atoms with Crippen molar-refractivity contribution in [2.24, 2.45) is 0 Å². The monoisotopic (exact) mass is 300 g/mol. The molecule has 0 unspecified atom stereocenters. The van der Waals surface area contributed by atoms with E-state index >= 15 is 0 Å². The van der Waals surface area contributed by atoms with Gasteiger partial charge < -0.3 is 13.9 Å². The number of fused-ring (bicyclic) bond motifs is 3. The topological polar surface area (TPSA) is 65.7 Å². The Hall–Kier alpha value is -2.56. The Bertz CT molecular complexity index is 829. The first-order chi connectivity index (χ1) is 10.3. The van der Waals surface area contributed by atoms with Gasteiger partial charge in [0.2, 0.25) is 0 Å². The van der Waals surface area contributed by atoms with Crippen molar-refractivity contribution in [2.75, 3.05) is 7.11 Å². The Balaban J connectivity index is 2.33.